The molecule has 8 aromatic carbocycles. The Kier molecular flexibility index (Phi) is 5.33. The van der Waals surface area contributed by atoms with Crippen molar-refractivity contribution in [2.45, 2.75) is 0 Å². The molecule has 0 fully saturated rings. The van der Waals surface area contributed by atoms with Crippen LogP contribution >= 0.6 is 11.3 Å². The first kappa shape index (κ1) is 28.1. The van der Waals surface area contributed by atoms with E-state index in [2.05, 4.69) is 157 Å². The molecule has 0 radical (unpaired) electrons. The SMILES string of the molecule is c1ccc2c(c1)B1c3ccc4c(oc5ccccc54)c3N(c3cccc4c3oc3ccccc34)c3cc(-c4cccc5c4sc4ccccc45)cc-2c31. The molecule has 5 heterocycles. The summed E-state index contributed by atoms with van der Waals surface area (Å²) < 4.78 is 16.3. The molecule has 0 aliphatic carbocycles. The third-order valence-corrected chi connectivity index (χ3v) is 12.9. The highest BCUT2D eigenvalue weighted by Crippen LogP contribution is 2.50. The second-order valence-electron chi connectivity index (χ2n) is 14.3. The van der Waals surface area contributed by atoms with Gasteiger partial charge in [0.25, 0.3) is 0 Å². The fourth-order valence-electron chi connectivity index (χ4n) is 9.48. The molecular weight excluding hydrogens is 665 g/mol. The smallest absolute Gasteiger partial charge is 0.248 e. The predicted molar refractivity (Wildman–Crippen MR) is 224 cm³/mol. The standard InChI is InChI=1S/C48H26BNO2S/c1-5-18-37-29(11-1)36-25-27(28-15-9-17-35-32-14-4-8-22-43(32)53-48(28)35)26-40-44(36)49(37)38-24-23-34-31-13-3-7-21-42(31)52-47(34)45(38)50(40)39-19-10-16-33-30-12-2-6-20-41(30)51-46(33)39/h1-26H. The Labute approximate surface area is 308 Å². The number of fused-ring (bicyclic) bond motifs is 15. The van der Waals surface area contributed by atoms with Gasteiger partial charge in [0, 0.05) is 47.4 Å². The van der Waals surface area contributed by atoms with E-state index in [1.165, 1.54) is 58.8 Å². The third kappa shape index (κ3) is 3.60. The second kappa shape index (κ2) is 10.1. The molecular formula is C48H26BNO2S. The van der Waals surface area contributed by atoms with Crippen LogP contribution in [0.2, 0.25) is 0 Å². The summed E-state index contributed by atoms with van der Waals surface area (Å²) >= 11 is 1.88. The third-order valence-electron chi connectivity index (χ3n) is 11.7. The Hall–Kier alpha value is -6.56. The van der Waals surface area contributed by atoms with Crippen molar-refractivity contribution in [3.8, 4) is 22.3 Å². The van der Waals surface area contributed by atoms with Crippen LogP contribution in [0.15, 0.2) is 167 Å². The fraction of sp³-hybridized carbons (Fsp3) is 0. The number of benzene rings is 8. The van der Waals surface area contributed by atoms with Crippen LogP contribution in [0, 0.1) is 0 Å². The Morgan fingerprint density at radius 2 is 1.11 bits per heavy atom. The largest absolute Gasteiger partial charge is 0.454 e. The molecule has 0 bridgehead atoms. The molecule has 0 spiro atoms. The maximum absolute atomic E-state index is 6.92. The van der Waals surface area contributed by atoms with Crippen molar-refractivity contribution in [3.63, 3.8) is 0 Å². The lowest BCUT2D eigenvalue weighted by Crippen LogP contribution is -2.54. The van der Waals surface area contributed by atoms with Gasteiger partial charge in [-0.3, -0.25) is 0 Å². The minimum atomic E-state index is 0.0594. The van der Waals surface area contributed by atoms with Gasteiger partial charge in [0.05, 0.1) is 11.4 Å². The monoisotopic (exact) mass is 691 g/mol. The van der Waals surface area contributed by atoms with E-state index < -0.39 is 0 Å². The zero-order valence-electron chi connectivity index (χ0n) is 28.3. The van der Waals surface area contributed by atoms with Crippen molar-refractivity contribution in [3.05, 3.63) is 158 Å². The summed E-state index contributed by atoms with van der Waals surface area (Å²) in [6, 6.07) is 57.3. The van der Waals surface area contributed by atoms with Crippen LogP contribution in [0.1, 0.15) is 0 Å². The van der Waals surface area contributed by atoms with Gasteiger partial charge in [-0.2, -0.15) is 0 Å². The van der Waals surface area contributed by atoms with Gasteiger partial charge >= 0.3 is 0 Å². The first-order valence-corrected chi connectivity index (χ1v) is 18.9. The molecule has 5 heteroatoms. The van der Waals surface area contributed by atoms with Crippen LogP contribution in [-0.2, 0) is 0 Å². The highest BCUT2D eigenvalue weighted by atomic mass is 32.1. The Balaban J connectivity index is 1.20. The van der Waals surface area contributed by atoms with Gasteiger partial charge in [-0.05, 0) is 69.6 Å². The van der Waals surface area contributed by atoms with E-state index in [9.17, 15) is 0 Å². The number of hydrogen-bond donors (Lipinski definition) is 0. The number of para-hydroxylation sites is 3. The molecule has 3 nitrogen and oxygen atoms in total. The van der Waals surface area contributed by atoms with Crippen LogP contribution in [0.3, 0.4) is 0 Å². The Morgan fingerprint density at radius 1 is 0.453 bits per heavy atom. The van der Waals surface area contributed by atoms with Crippen molar-refractivity contribution < 1.29 is 8.83 Å². The maximum atomic E-state index is 6.92. The van der Waals surface area contributed by atoms with E-state index >= 15 is 0 Å². The van der Waals surface area contributed by atoms with Gasteiger partial charge < -0.3 is 13.7 Å². The summed E-state index contributed by atoms with van der Waals surface area (Å²) in [5.74, 6) is 0. The lowest BCUT2D eigenvalue weighted by Gasteiger charge is -2.36. The molecule has 0 N–H and O–H groups in total. The molecule has 13 rings (SSSR count). The zero-order chi connectivity index (χ0) is 34.4. The number of anilines is 3. The van der Waals surface area contributed by atoms with Crippen LogP contribution in [0.4, 0.5) is 17.1 Å². The number of hydrogen-bond acceptors (Lipinski definition) is 4. The van der Waals surface area contributed by atoms with E-state index in [-0.39, 0.29) is 6.71 Å². The zero-order valence-corrected chi connectivity index (χ0v) is 29.1. The molecule has 0 atom stereocenters. The number of thiophene rings is 1. The average Bonchev–Trinajstić information content (AvgIpc) is 3.97. The van der Waals surface area contributed by atoms with E-state index in [4.69, 9.17) is 8.83 Å². The number of furan rings is 2. The lowest BCUT2D eigenvalue weighted by atomic mass is 9.37. The van der Waals surface area contributed by atoms with E-state index in [0.29, 0.717) is 0 Å². The van der Waals surface area contributed by atoms with Crippen LogP contribution in [-0.4, -0.2) is 6.71 Å². The summed E-state index contributed by atoms with van der Waals surface area (Å²) in [5.41, 5.74) is 15.7. The second-order valence-corrected chi connectivity index (χ2v) is 15.4. The van der Waals surface area contributed by atoms with Crippen LogP contribution < -0.4 is 21.3 Å². The summed E-state index contributed by atoms with van der Waals surface area (Å²) in [7, 11) is 0. The number of rotatable bonds is 2. The first-order chi connectivity index (χ1) is 26.3. The average molecular weight is 692 g/mol. The van der Waals surface area contributed by atoms with Crippen molar-refractivity contribution in [1.29, 1.82) is 0 Å². The quantitative estimate of drug-likeness (QED) is 0.169. The van der Waals surface area contributed by atoms with Gasteiger partial charge in [-0.25, -0.2) is 0 Å². The molecule has 0 saturated heterocycles. The van der Waals surface area contributed by atoms with Gasteiger partial charge in [0.2, 0.25) is 6.71 Å². The van der Waals surface area contributed by atoms with Crippen molar-refractivity contribution in [2.24, 2.45) is 0 Å². The van der Waals surface area contributed by atoms with Crippen molar-refractivity contribution >= 4 is 116 Å². The topological polar surface area (TPSA) is 29.5 Å². The normalized spacial score (nSPS) is 13.2. The first-order valence-electron chi connectivity index (χ1n) is 18.1. The molecule has 3 aromatic heterocycles. The molecule has 2 aliphatic rings. The summed E-state index contributed by atoms with van der Waals surface area (Å²) in [5, 5.41) is 7.06. The lowest BCUT2D eigenvalue weighted by molar-refractivity contribution is 0.666. The summed E-state index contributed by atoms with van der Waals surface area (Å²) in [6.07, 6.45) is 0. The highest BCUT2D eigenvalue weighted by molar-refractivity contribution is 7.26. The van der Waals surface area contributed by atoms with E-state index in [1.54, 1.807) is 0 Å². The Morgan fingerprint density at radius 3 is 1.98 bits per heavy atom. The highest BCUT2D eigenvalue weighted by Gasteiger charge is 2.44. The van der Waals surface area contributed by atoms with Crippen LogP contribution in [0.25, 0.3) is 86.3 Å². The molecule has 244 valence electrons. The molecule has 2 aliphatic heterocycles. The maximum Gasteiger partial charge on any atom is 0.248 e. The van der Waals surface area contributed by atoms with Gasteiger partial charge in [0.15, 0.2) is 11.2 Å². The van der Waals surface area contributed by atoms with Gasteiger partial charge in [-0.15, -0.1) is 11.3 Å². The molecule has 53 heavy (non-hydrogen) atoms. The minimum absolute atomic E-state index is 0.0594. The summed E-state index contributed by atoms with van der Waals surface area (Å²) in [6.45, 7) is 0.0594. The fourth-order valence-corrected chi connectivity index (χ4v) is 10.7. The Bertz CT molecular complexity index is 3390. The number of nitrogens with zero attached hydrogens (tertiary/aromatic N) is 1. The molecule has 0 saturated carbocycles. The van der Waals surface area contributed by atoms with Crippen molar-refractivity contribution in [1.82, 2.24) is 0 Å². The van der Waals surface area contributed by atoms with E-state index in [1.807, 2.05) is 17.4 Å². The minimum Gasteiger partial charge on any atom is -0.454 e. The van der Waals surface area contributed by atoms with E-state index in [0.717, 1.165) is 60.9 Å². The molecule has 11 aromatic rings. The predicted octanol–water partition coefficient (Wildman–Crippen LogP) is 11.8. The van der Waals surface area contributed by atoms with Gasteiger partial charge in [-0.1, -0.05) is 127 Å². The molecule has 0 amide bonds. The van der Waals surface area contributed by atoms with Crippen molar-refractivity contribution in [2.75, 3.05) is 4.90 Å². The summed E-state index contributed by atoms with van der Waals surface area (Å²) in [4.78, 5) is 2.46. The van der Waals surface area contributed by atoms with Crippen LogP contribution in [0.5, 0.6) is 0 Å². The molecule has 0 unspecified atom stereocenters. The van der Waals surface area contributed by atoms with Gasteiger partial charge in [0.1, 0.15) is 11.2 Å².